The summed E-state index contributed by atoms with van der Waals surface area (Å²) >= 11 is 0. The molecule has 0 unspecified atom stereocenters. The lowest BCUT2D eigenvalue weighted by Crippen LogP contribution is -2.26. The number of nitrogens with zero attached hydrogens (tertiary/aromatic N) is 1. The van der Waals surface area contributed by atoms with E-state index in [4.69, 9.17) is 5.11 Å². The molecule has 122 valence electrons. The summed E-state index contributed by atoms with van der Waals surface area (Å²) in [5.74, 6) is -1.16. The van der Waals surface area contributed by atoms with Gasteiger partial charge in [-0.3, -0.25) is 4.98 Å². The summed E-state index contributed by atoms with van der Waals surface area (Å²) in [6, 6.07) is 7.74. The Bertz CT molecular complexity index is 832. The summed E-state index contributed by atoms with van der Waals surface area (Å²) in [6.07, 6.45) is 2.19. The number of aromatic nitrogens is 1. The van der Waals surface area contributed by atoms with Gasteiger partial charge in [-0.2, -0.15) is 0 Å². The molecule has 0 aliphatic heterocycles. The van der Waals surface area contributed by atoms with Crippen LogP contribution in [-0.4, -0.2) is 31.0 Å². The second-order valence-corrected chi connectivity index (χ2v) is 7.00. The van der Waals surface area contributed by atoms with Gasteiger partial charge in [-0.25, -0.2) is 17.9 Å². The highest BCUT2D eigenvalue weighted by molar-refractivity contribution is 7.89. The maximum absolute atomic E-state index is 12.3. The number of aromatic carboxylic acids is 1. The molecular weight excluding hydrogens is 316 g/mol. The standard InChI is InChI=1S/C16H18N2O4S/c1-11-8-14(16(19)20)10-15(9-11)23(21,22)18-7-5-13-4-3-6-17-12(13)2/h3-4,6,8-10,18H,5,7H2,1-2H3,(H,19,20). The number of sulfonamides is 1. The van der Waals surface area contributed by atoms with Crippen molar-refractivity contribution < 1.29 is 18.3 Å². The van der Waals surface area contributed by atoms with Gasteiger partial charge in [0.2, 0.25) is 10.0 Å². The van der Waals surface area contributed by atoms with Crippen LogP contribution in [0.5, 0.6) is 0 Å². The van der Waals surface area contributed by atoms with Crippen molar-refractivity contribution in [2.24, 2.45) is 0 Å². The molecule has 1 aromatic carbocycles. The highest BCUT2D eigenvalue weighted by Crippen LogP contribution is 2.15. The molecule has 0 aliphatic rings. The van der Waals surface area contributed by atoms with Crippen molar-refractivity contribution in [2.75, 3.05) is 6.54 Å². The lowest BCUT2D eigenvalue weighted by atomic mass is 10.1. The maximum atomic E-state index is 12.3. The SMILES string of the molecule is Cc1cc(C(=O)O)cc(S(=O)(=O)NCCc2cccnc2C)c1. The van der Waals surface area contributed by atoms with Gasteiger partial charge in [-0.05, 0) is 55.7 Å². The third-order valence-electron chi connectivity index (χ3n) is 3.41. The van der Waals surface area contributed by atoms with Crippen molar-refractivity contribution in [1.29, 1.82) is 0 Å². The van der Waals surface area contributed by atoms with Crippen LogP contribution in [0.2, 0.25) is 0 Å². The molecule has 7 heteroatoms. The molecule has 0 aliphatic carbocycles. The first kappa shape index (κ1) is 17.1. The van der Waals surface area contributed by atoms with Crippen LogP contribution < -0.4 is 4.72 Å². The van der Waals surface area contributed by atoms with E-state index in [1.165, 1.54) is 12.1 Å². The molecule has 2 aromatic rings. The van der Waals surface area contributed by atoms with Crippen LogP contribution in [0.15, 0.2) is 41.4 Å². The number of rotatable bonds is 6. The van der Waals surface area contributed by atoms with Gasteiger partial charge >= 0.3 is 5.97 Å². The molecule has 0 saturated heterocycles. The van der Waals surface area contributed by atoms with E-state index in [1.54, 1.807) is 19.2 Å². The van der Waals surface area contributed by atoms with Crippen LogP contribution in [0.4, 0.5) is 0 Å². The monoisotopic (exact) mass is 334 g/mol. The average Bonchev–Trinajstić information content (AvgIpc) is 2.48. The Labute approximate surface area is 135 Å². The van der Waals surface area contributed by atoms with E-state index in [1.807, 2.05) is 13.0 Å². The van der Waals surface area contributed by atoms with Gasteiger partial charge in [0, 0.05) is 18.4 Å². The fourth-order valence-electron chi connectivity index (χ4n) is 2.21. The molecule has 23 heavy (non-hydrogen) atoms. The molecular formula is C16H18N2O4S. The lowest BCUT2D eigenvalue weighted by Gasteiger charge is -2.09. The van der Waals surface area contributed by atoms with Gasteiger partial charge < -0.3 is 5.11 Å². The van der Waals surface area contributed by atoms with Crippen LogP contribution in [-0.2, 0) is 16.4 Å². The number of carboxylic acid groups (broad SMARTS) is 1. The minimum atomic E-state index is -3.76. The number of carbonyl (C=O) groups is 1. The molecule has 0 amide bonds. The average molecular weight is 334 g/mol. The minimum absolute atomic E-state index is 0.0437. The lowest BCUT2D eigenvalue weighted by molar-refractivity contribution is 0.0696. The Morgan fingerprint density at radius 1 is 1.26 bits per heavy atom. The topological polar surface area (TPSA) is 96.4 Å². The van der Waals surface area contributed by atoms with Gasteiger partial charge in [0.15, 0.2) is 0 Å². The Morgan fingerprint density at radius 2 is 2.00 bits per heavy atom. The summed E-state index contributed by atoms with van der Waals surface area (Å²) in [4.78, 5) is 15.2. The number of aryl methyl sites for hydroxylation is 2. The first-order valence-electron chi connectivity index (χ1n) is 7.05. The predicted octanol–water partition coefficient (Wildman–Crippen LogP) is 1.92. The third-order valence-corrected chi connectivity index (χ3v) is 4.85. The Hall–Kier alpha value is -2.25. The predicted molar refractivity (Wildman–Crippen MR) is 86.0 cm³/mol. The Kier molecular flexibility index (Phi) is 5.12. The molecule has 2 rings (SSSR count). The van der Waals surface area contributed by atoms with Crippen LogP contribution in [0.25, 0.3) is 0 Å². The molecule has 0 fully saturated rings. The Morgan fingerprint density at radius 3 is 2.65 bits per heavy atom. The number of carboxylic acids is 1. The van der Waals surface area contributed by atoms with Gasteiger partial charge in [0.1, 0.15) is 0 Å². The maximum Gasteiger partial charge on any atom is 0.335 e. The molecule has 0 atom stereocenters. The van der Waals surface area contributed by atoms with E-state index < -0.39 is 16.0 Å². The second-order valence-electron chi connectivity index (χ2n) is 5.24. The fraction of sp³-hybridized carbons (Fsp3) is 0.250. The molecule has 0 spiro atoms. The van der Waals surface area contributed by atoms with Crippen molar-refractivity contribution in [3.8, 4) is 0 Å². The van der Waals surface area contributed by atoms with E-state index in [9.17, 15) is 13.2 Å². The molecule has 1 heterocycles. The van der Waals surface area contributed by atoms with E-state index in [2.05, 4.69) is 9.71 Å². The summed E-state index contributed by atoms with van der Waals surface area (Å²) in [7, 11) is -3.76. The van der Waals surface area contributed by atoms with Gasteiger partial charge in [-0.15, -0.1) is 0 Å². The number of nitrogens with one attached hydrogen (secondary N) is 1. The van der Waals surface area contributed by atoms with Crippen LogP contribution >= 0.6 is 0 Å². The smallest absolute Gasteiger partial charge is 0.335 e. The zero-order valence-electron chi connectivity index (χ0n) is 12.9. The van der Waals surface area contributed by atoms with E-state index in [-0.39, 0.29) is 17.0 Å². The normalized spacial score (nSPS) is 11.4. The van der Waals surface area contributed by atoms with Crippen molar-refractivity contribution >= 4 is 16.0 Å². The highest BCUT2D eigenvalue weighted by atomic mass is 32.2. The number of pyridine rings is 1. The summed E-state index contributed by atoms with van der Waals surface area (Å²) < 4.78 is 27.1. The van der Waals surface area contributed by atoms with Crippen molar-refractivity contribution in [2.45, 2.75) is 25.2 Å². The van der Waals surface area contributed by atoms with E-state index in [0.717, 1.165) is 17.3 Å². The number of hydrogen-bond donors (Lipinski definition) is 2. The zero-order chi connectivity index (χ0) is 17.0. The van der Waals surface area contributed by atoms with Crippen molar-refractivity contribution in [3.63, 3.8) is 0 Å². The minimum Gasteiger partial charge on any atom is -0.478 e. The molecule has 0 radical (unpaired) electrons. The van der Waals surface area contributed by atoms with E-state index >= 15 is 0 Å². The number of benzene rings is 1. The summed E-state index contributed by atoms with van der Waals surface area (Å²) in [5.41, 5.74) is 2.35. The van der Waals surface area contributed by atoms with Gasteiger partial charge in [0.25, 0.3) is 0 Å². The molecule has 2 N–H and O–H groups in total. The summed E-state index contributed by atoms with van der Waals surface area (Å²) in [5, 5.41) is 9.03. The van der Waals surface area contributed by atoms with Gasteiger partial charge in [-0.1, -0.05) is 6.07 Å². The molecule has 0 saturated carbocycles. The Balaban J connectivity index is 2.13. The van der Waals surface area contributed by atoms with Crippen LogP contribution in [0, 0.1) is 13.8 Å². The van der Waals surface area contributed by atoms with Crippen LogP contribution in [0.1, 0.15) is 27.2 Å². The molecule has 1 aromatic heterocycles. The summed E-state index contributed by atoms with van der Waals surface area (Å²) in [6.45, 7) is 3.74. The fourth-order valence-corrected chi connectivity index (χ4v) is 3.37. The van der Waals surface area contributed by atoms with Crippen molar-refractivity contribution in [3.05, 3.63) is 58.9 Å². The van der Waals surface area contributed by atoms with Crippen molar-refractivity contribution in [1.82, 2.24) is 9.71 Å². The van der Waals surface area contributed by atoms with Crippen LogP contribution in [0.3, 0.4) is 0 Å². The third kappa shape index (κ3) is 4.37. The van der Waals surface area contributed by atoms with Gasteiger partial charge in [0.05, 0.1) is 10.5 Å². The zero-order valence-corrected chi connectivity index (χ0v) is 13.7. The quantitative estimate of drug-likeness (QED) is 0.841. The molecule has 0 bridgehead atoms. The highest BCUT2D eigenvalue weighted by Gasteiger charge is 2.17. The number of hydrogen-bond acceptors (Lipinski definition) is 4. The largest absolute Gasteiger partial charge is 0.478 e. The molecule has 6 nitrogen and oxygen atoms in total. The first-order chi connectivity index (χ1) is 10.8. The first-order valence-corrected chi connectivity index (χ1v) is 8.53. The van der Waals surface area contributed by atoms with E-state index in [0.29, 0.717) is 12.0 Å². The second kappa shape index (κ2) is 6.89.